The molecule has 0 bridgehead atoms. The Bertz CT molecular complexity index is 980. The molecule has 1 aromatic carbocycles. The molecular weight excluding hydrogens is 336 g/mol. The van der Waals surface area contributed by atoms with Crippen molar-refractivity contribution < 1.29 is 13.2 Å². The molecule has 0 saturated heterocycles. The van der Waals surface area contributed by atoms with Gasteiger partial charge in [0.25, 0.3) is 0 Å². The summed E-state index contributed by atoms with van der Waals surface area (Å²) in [5, 5.41) is 12.5. The molecule has 2 heterocycles. The van der Waals surface area contributed by atoms with Crippen molar-refractivity contribution in [3.63, 3.8) is 0 Å². The number of hydrogen-bond donors (Lipinski definition) is 1. The van der Waals surface area contributed by atoms with E-state index in [0.29, 0.717) is 40.9 Å². The Labute approximate surface area is 147 Å². The lowest BCUT2D eigenvalue weighted by molar-refractivity contribution is -0.116. The molecule has 25 heavy (non-hydrogen) atoms. The first-order valence-electron chi connectivity index (χ1n) is 8.50. The molecule has 0 spiro atoms. The summed E-state index contributed by atoms with van der Waals surface area (Å²) in [5.74, 6) is -0.468. The van der Waals surface area contributed by atoms with E-state index in [9.17, 15) is 18.5 Å². The highest BCUT2D eigenvalue weighted by Gasteiger charge is 2.42. The van der Waals surface area contributed by atoms with Crippen LogP contribution >= 0.6 is 0 Å². The minimum Gasteiger partial charge on any atom is -0.361 e. The number of sulfone groups is 1. The molecule has 4 rings (SSSR count). The highest BCUT2D eigenvalue weighted by atomic mass is 32.2. The molecule has 0 radical (unpaired) electrons. The number of allylic oxidation sites excluding steroid dienone is 4. The highest BCUT2D eigenvalue weighted by molar-refractivity contribution is 7.95. The second-order valence-electron chi connectivity index (χ2n) is 6.73. The van der Waals surface area contributed by atoms with Gasteiger partial charge in [-0.15, -0.1) is 0 Å². The second kappa shape index (κ2) is 5.85. The van der Waals surface area contributed by atoms with Gasteiger partial charge in [-0.25, -0.2) is 8.42 Å². The number of Topliss-reactive ketones (excluding diaryl/α,β-unsaturated/α-hetero) is 1. The smallest absolute Gasteiger partial charge is 0.177 e. The fourth-order valence-corrected chi connectivity index (χ4v) is 5.97. The molecule has 2 aliphatic heterocycles. The molecule has 6 heteroatoms. The van der Waals surface area contributed by atoms with E-state index in [0.717, 1.165) is 24.2 Å². The Morgan fingerprint density at radius 1 is 1.12 bits per heavy atom. The Morgan fingerprint density at radius 3 is 2.72 bits per heavy atom. The van der Waals surface area contributed by atoms with E-state index >= 15 is 0 Å². The minimum absolute atomic E-state index is 0.00781. The second-order valence-corrected chi connectivity index (χ2v) is 8.81. The van der Waals surface area contributed by atoms with Gasteiger partial charge in [-0.1, -0.05) is 12.1 Å². The van der Waals surface area contributed by atoms with Gasteiger partial charge in [-0.2, -0.15) is 5.26 Å². The van der Waals surface area contributed by atoms with Crippen LogP contribution in [-0.4, -0.2) is 20.0 Å². The van der Waals surface area contributed by atoms with Gasteiger partial charge in [-0.05, 0) is 43.4 Å². The zero-order chi connectivity index (χ0) is 17.6. The van der Waals surface area contributed by atoms with Crippen LogP contribution in [0.5, 0.6) is 0 Å². The fourth-order valence-electron chi connectivity index (χ4n) is 4.09. The lowest BCUT2D eigenvalue weighted by atomic mass is 9.78. The summed E-state index contributed by atoms with van der Waals surface area (Å²) in [6.45, 7) is 0. The van der Waals surface area contributed by atoms with E-state index in [4.69, 9.17) is 0 Å². The molecule has 1 atom stereocenters. The fraction of sp³-hybridized carbons (Fsp3) is 0.368. The van der Waals surface area contributed by atoms with Crippen LogP contribution in [0.15, 0.2) is 46.1 Å². The van der Waals surface area contributed by atoms with Crippen LogP contribution in [0.4, 0.5) is 0 Å². The number of hydrogen-bond acceptors (Lipinski definition) is 5. The molecule has 3 aliphatic rings. The van der Waals surface area contributed by atoms with Crippen molar-refractivity contribution in [3.8, 4) is 6.07 Å². The zero-order valence-electron chi connectivity index (χ0n) is 13.7. The molecule has 128 valence electrons. The summed E-state index contributed by atoms with van der Waals surface area (Å²) in [4.78, 5) is 13.0. The monoisotopic (exact) mass is 354 g/mol. The number of dihydropyridines is 1. The van der Waals surface area contributed by atoms with E-state index in [-0.39, 0.29) is 11.5 Å². The highest BCUT2D eigenvalue weighted by Crippen LogP contribution is 2.46. The van der Waals surface area contributed by atoms with Crippen molar-refractivity contribution in [2.45, 2.75) is 38.0 Å². The van der Waals surface area contributed by atoms with Gasteiger partial charge in [0.1, 0.15) is 0 Å². The number of nitrogens with zero attached hydrogens (tertiary/aromatic N) is 1. The molecular formula is C19H18N2O3S. The molecule has 0 amide bonds. The number of nitriles is 1. The first-order chi connectivity index (χ1) is 12.0. The maximum atomic E-state index is 12.8. The number of nitrogens with one attached hydrogen (secondary N) is 1. The third-order valence-corrected chi connectivity index (χ3v) is 7.11. The van der Waals surface area contributed by atoms with Gasteiger partial charge in [-0.3, -0.25) is 4.79 Å². The van der Waals surface area contributed by atoms with E-state index in [1.54, 1.807) is 18.2 Å². The molecule has 0 saturated carbocycles. The topological polar surface area (TPSA) is 87.0 Å². The lowest BCUT2D eigenvalue weighted by Gasteiger charge is -2.37. The van der Waals surface area contributed by atoms with Crippen molar-refractivity contribution in [2.75, 3.05) is 5.75 Å². The van der Waals surface area contributed by atoms with E-state index in [2.05, 4.69) is 11.4 Å². The summed E-state index contributed by atoms with van der Waals surface area (Å²) in [7, 11) is -3.43. The molecule has 0 aromatic heterocycles. The van der Waals surface area contributed by atoms with Gasteiger partial charge in [0.05, 0.1) is 28.2 Å². The van der Waals surface area contributed by atoms with Gasteiger partial charge < -0.3 is 5.32 Å². The normalized spacial score (nSPS) is 24.9. The van der Waals surface area contributed by atoms with Crippen LogP contribution in [0.2, 0.25) is 0 Å². The SMILES string of the molecule is N#Cc1cccc(C2C3=C(CCCC3=O)NC3=C2S(=O)(=O)CCC3)c1. The molecule has 0 fully saturated rings. The van der Waals surface area contributed by atoms with Crippen molar-refractivity contribution >= 4 is 15.6 Å². The molecule has 5 nitrogen and oxygen atoms in total. The number of carbonyl (C=O) groups excluding carboxylic acids is 1. The maximum Gasteiger partial charge on any atom is 0.177 e. The van der Waals surface area contributed by atoms with Crippen molar-refractivity contribution in [1.82, 2.24) is 5.32 Å². The van der Waals surface area contributed by atoms with Crippen LogP contribution in [0.25, 0.3) is 0 Å². The first-order valence-corrected chi connectivity index (χ1v) is 10.2. The summed E-state index contributed by atoms with van der Waals surface area (Å²) >= 11 is 0. The number of rotatable bonds is 1. The van der Waals surface area contributed by atoms with E-state index < -0.39 is 15.8 Å². The summed E-state index contributed by atoms with van der Waals surface area (Å²) < 4.78 is 25.7. The molecule has 1 N–H and O–H groups in total. The Morgan fingerprint density at radius 2 is 1.92 bits per heavy atom. The van der Waals surface area contributed by atoms with Gasteiger partial charge in [0.15, 0.2) is 15.6 Å². The molecule has 1 unspecified atom stereocenters. The van der Waals surface area contributed by atoms with Crippen LogP contribution in [0.1, 0.15) is 49.1 Å². The van der Waals surface area contributed by atoms with Gasteiger partial charge >= 0.3 is 0 Å². The number of benzene rings is 1. The van der Waals surface area contributed by atoms with Crippen LogP contribution in [-0.2, 0) is 14.6 Å². The average molecular weight is 354 g/mol. The Balaban J connectivity index is 1.97. The lowest BCUT2D eigenvalue weighted by Crippen LogP contribution is -2.37. The third-order valence-electron chi connectivity index (χ3n) is 5.13. The standard InChI is InChI=1S/C19H18N2O3S/c20-11-12-4-1-5-13(10-12)17-18-14(6-2-8-16(18)22)21-15-7-3-9-25(23,24)19(15)17/h1,4-5,10,17,21H,2-3,6-9H2. The zero-order valence-corrected chi connectivity index (χ0v) is 14.5. The predicted octanol–water partition coefficient (Wildman–Crippen LogP) is 2.67. The van der Waals surface area contributed by atoms with Gasteiger partial charge in [0, 0.05) is 23.4 Å². The maximum absolute atomic E-state index is 12.8. The van der Waals surface area contributed by atoms with Crippen molar-refractivity contribution in [1.29, 1.82) is 5.26 Å². The molecule has 1 aliphatic carbocycles. The number of ketones is 1. The number of carbonyl (C=O) groups is 1. The first kappa shape index (κ1) is 16.1. The van der Waals surface area contributed by atoms with E-state index in [1.165, 1.54) is 0 Å². The Kier molecular flexibility index (Phi) is 3.77. The van der Waals surface area contributed by atoms with Crippen molar-refractivity contribution in [3.05, 3.63) is 57.3 Å². The Hall–Kier alpha value is -2.39. The predicted molar refractivity (Wildman–Crippen MR) is 93.0 cm³/mol. The summed E-state index contributed by atoms with van der Waals surface area (Å²) in [5.41, 5.74) is 3.34. The average Bonchev–Trinajstić information content (AvgIpc) is 2.60. The quantitative estimate of drug-likeness (QED) is 0.838. The summed E-state index contributed by atoms with van der Waals surface area (Å²) in [6.07, 6.45) is 3.25. The van der Waals surface area contributed by atoms with Crippen LogP contribution in [0.3, 0.4) is 0 Å². The minimum atomic E-state index is -3.43. The van der Waals surface area contributed by atoms with Crippen LogP contribution < -0.4 is 5.32 Å². The molecule has 1 aromatic rings. The largest absolute Gasteiger partial charge is 0.361 e. The van der Waals surface area contributed by atoms with Crippen LogP contribution in [0, 0.1) is 11.3 Å². The van der Waals surface area contributed by atoms with Crippen molar-refractivity contribution in [2.24, 2.45) is 0 Å². The summed E-state index contributed by atoms with van der Waals surface area (Å²) in [6, 6.07) is 9.06. The third kappa shape index (κ3) is 2.59. The van der Waals surface area contributed by atoms with E-state index in [1.807, 2.05) is 6.07 Å². The van der Waals surface area contributed by atoms with Gasteiger partial charge in [0.2, 0.25) is 0 Å².